The van der Waals surface area contributed by atoms with E-state index < -0.39 is 0 Å². The molecule has 3 nitrogen and oxygen atoms in total. The Morgan fingerprint density at radius 2 is 2.50 bits per heavy atom. The number of likely N-dealkylation sites (tertiary alicyclic amines) is 1. The van der Waals surface area contributed by atoms with E-state index in [1.165, 1.54) is 17.7 Å². The Balaban J connectivity index is 1.94. The Morgan fingerprint density at radius 1 is 1.57 bits per heavy atom. The van der Waals surface area contributed by atoms with Crippen LogP contribution in [-0.2, 0) is 6.54 Å². The van der Waals surface area contributed by atoms with Crippen LogP contribution in [-0.4, -0.2) is 34.2 Å². The topological polar surface area (TPSA) is 36.4 Å². The number of rotatable bonds is 3. The van der Waals surface area contributed by atoms with Gasteiger partial charge in [-0.1, -0.05) is 6.42 Å². The summed E-state index contributed by atoms with van der Waals surface area (Å²) in [4.78, 5) is 7.74. The van der Waals surface area contributed by atoms with Crippen molar-refractivity contribution in [3.63, 3.8) is 0 Å². The van der Waals surface area contributed by atoms with Gasteiger partial charge in [-0.2, -0.15) is 0 Å². The molecule has 1 fully saturated rings. The van der Waals surface area contributed by atoms with Gasteiger partial charge in [0.25, 0.3) is 0 Å². The van der Waals surface area contributed by atoms with Crippen LogP contribution in [0.1, 0.15) is 24.1 Å². The summed E-state index contributed by atoms with van der Waals surface area (Å²) in [5, 5.41) is 9.24. The highest BCUT2D eigenvalue weighted by molar-refractivity contribution is 7.09. The molecular weight excluding hydrogens is 196 g/mol. The molecule has 14 heavy (non-hydrogen) atoms. The fourth-order valence-electron chi connectivity index (χ4n) is 2.00. The molecule has 0 radical (unpaired) electrons. The number of thiazole rings is 1. The maximum absolute atomic E-state index is 9.24. The normalized spacial score (nSPS) is 23.9. The Hall–Kier alpha value is -0.450. The fraction of sp³-hybridized carbons (Fsp3) is 0.700. The lowest BCUT2D eigenvalue weighted by atomic mass is 10.0. The first-order valence-electron chi connectivity index (χ1n) is 5.12. The molecule has 1 aliphatic rings. The number of aliphatic hydroxyl groups is 1. The molecule has 1 atom stereocenters. The fourth-order valence-corrected chi connectivity index (χ4v) is 2.61. The predicted molar refractivity (Wildman–Crippen MR) is 57.2 cm³/mol. The largest absolute Gasteiger partial charge is 0.395 e. The molecule has 0 spiro atoms. The minimum atomic E-state index is 0.290. The molecule has 1 aromatic heterocycles. The van der Waals surface area contributed by atoms with E-state index >= 15 is 0 Å². The van der Waals surface area contributed by atoms with Gasteiger partial charge in [0, 0.05) is 23.7 Å². The van der Waals surface area contributed by atoms with Gasteiger partial charge in [0.2, 0.25) is 0 Å². The van der Waals surface area contributed by atoms with Gasteiger partial charge in [0.15, 0.2) is 0 Å². The summed E-state index contributed by atoms with van der Waals surface area (Å²) >= 11 is 1.69. The molecule has 4 heteroatoms. The monoisotopic (exact) mass is 212 g/mol. The first-order valence-corrected chi connectivity index (χ1v) is 6.00. The average molecular weight is 212 g/mol. The lowest BCUT2D eigenvalue weighted by molar-refractivity contribution is 0.0849. The van der Waals surface area contributed by atoms with E-state index in [4.69, 9.17) is 0 Å². The number of aromatic nitrogens is 1. The molecule has 0 aliphatic carbocycles. The van der Waals surface area contributed by atoms with Gasteiger partial charge in [-0.15, -0.1) is 11.3 Å². The first-order chi connectivity index (χ1) is 6.90. The van der Waals surface area contributed by atoms with Crippen LogP contribution >= 0.6 is 11.3 Å². The quantitative estimate of drug-likeness (QED) is 0.824. The molecule has 2 heterocycles. The second-order valence-electron chi connectivity index (χ2n) is 3.77. The zero-order valence-electron chi connectivity index (χ0n) is 8.22. The van der Waals surface area contributed by atoms with Gasteiger partial charge < -0.3 is 5.11 Å². The molecule has 78 valence electrons. The summed E-state index contributed by atoms with van der Waals surface area (Å²) in [6.07, 6.45) is 5.57. The van der Waals surface area contributed by atoms with E-state index in [1.807, 2.05) is 11.7 Å². The van der Waals surface area contributed by atoms with Gasteiger partial charge >= 0.3 is 0 Å². The lowest BCUT2D eigenvalue weighted by Crippen LogP contribution is -2.40. The second kappa shape index (κ2) is 4.87. The first kappa shape index (κ1) is 10.1. The summed E-state index contributed by atoms with van der Waals surface area (Å²) in [6, 6.07) is 0.367. The van der Waals surface area contributed by atoms with Crippen LogP contribution in [0.4, 0.5) is 0 Å². The Kier molecular flexibility index (Phi) is 3.50. The number of aliphatic hydroxyl groups excluding tert-OH is 1. The minimum Gasteiger partial charge on any atom is -0.395 e. The van der Waals surface area contributed by atoms with Crippen molar-refractivity contribution in [1.29, 1.82) is 0 Å². The summed E-state index contributed by atoms with van der Waals surface area (Å²) in [5.41, 5.74) is 1.87. The van der Waals surface area contributed by atoms with Crippen molar-refractivity contribution < 1.29 is 5.11 Å². The summed E-state index contributed by atoms with van der Waals surface area (Å²) < 4.78 is 0. The number of hydrogen-bond donors (Lipinski definition) is 1. The van der Waals surface area contributed by atoms with E-state index in [2.05, 4.69) is 9.88 Å². The van der Waals surface area contributed by atoms with E-state index in [1.54, 1.807) is 11.3 Å². The molecular formula is C10H16N2OS. The van der Waals surface area contributed by atoms with Crippen LogP contribution in [0.25, 0.3) is 0 Å². The van der Waals surface area contributed by atoms with Crippen molar-refractivity contribution in [1.82, 2.24) is 9.88 Å². The minimum absolute atomic E-state index is 0.290. The Labute approximate surface area is 88.4 Å². The SMILES string of the molecule is OC[C@@H]1CCCCN1Cc1cncs1. The van der Waals surface area contributed by atoms with Gasteiger partial charge in [0.1, 0.15) is 0 Å². The smallest absolute Gasteiger partial charge is 0.0794 e. The van der Waals surface area contributed by atoms with Crippen molar-refractivity contribution in [3.8, 4) is 0 Å². The number of nitrogens with zero attached hydrogens (tertiary/aromatic N) is 2. The van der Waals surface area contributed by atoms with Crippen molar-refractivity contribution in [2.45, 2.75) is 31.8 Å². The molecule has 0 aromatic carbocycles. The van der Waals surface area contributed by atoms with Crippen LogP contribution in [0.3, 0.4) is 0 Å². The van der Waals surface area contributed by atoms with E-state index in [0.717, 1.165) is 19.5 Å². The Bertz CT molecular complexity index is 263. The molecule has 0 saturated carbocycles. The molecule has 1 aliphatic heterocycles. The number of hydrogen-bond acceptors (Lipinski definition) is 4. The van der Waals surface area contributed by atoms with Crippen LogP contribution in [0.15, 0.2) is 11.7 Å². The highest BCUT2D eigenvalue weighted by atomic mass is 32.1. The molecule has 0 bridgehead atoms. The van der Waals surface area contributed by atoms with Crippen LogP contribution in [0.5, 0.6) is 0 Å². The third-order valence-corrected chi connectivity index (χ3v) is 3.57. The van der Waals surface area contributed by atoms with E-state index in [0.29, 0.717) is 12.6 Å². The molecule has 1 aromatic rings. The molecule has 0 amide bonds. The van der Waals surface area contributed by atoms with Crippen molar-refractivity contribution >= 4 is 11.3 Å². The van der Waals surface area contributed by atoms with Crippen molar-refractivity contribution in [2.75, 3.05) is 13.2 Å². The number of piperidine rings is 1. The second-order valence-corrected chi connectivity index (χ2v) is 4.74. The van der Waals surface area contributed by atoms with Crippen molar-refractivity contribution in [3.05, 3.63) is 16.6 Å². The standard InChI is InChI=1S/C10H16N2OS/c13-7-9-3-1-2-4-12(9)6-10-5-11-8-14-10/h5,8-9,13H,1-4,6-7H2/t9-/m0/s1. The summed E-state index contributed by atoms with van der Waals surface area (Å²) in [5.74, 6) is 0. The molecule has 1 N–H and O–H groups in total. The summed E-state index contributed by atoms with van der Waals surface area (Å²) in [7, 11) is 0. The summed E-state index contributed by atoms with van der Waals surface area (Å²) in [6.45, 7) is 2.36. The van der Waals surface area contributed by atoms with Gasteiger partial charge in [-0.05, 0) is 19.4 Å². The third kappa shape index (κ3) is 2.32. The molecule has 2 rings (SSSR count). The highest BCUT2D eigenvalue weighted by Gasteiger charge is 2.21. The van der Waals surface area contributed by atoms with Gasteiger partial charge in [-0.3, -0.25) is 9.88 Å². The van der Waals surface area contributed by atoms with Gasteiger partial charge in [-0.25, -0.2) is 0 Å². The Morgan fingerprint density at radius 3 is 3.21 bits per heavy atom. The maximum atomic E-state index is 9.24. The zero-order chi connectivity index (χ0) is 9.80. The average Bonchev–Trinajstić information content (AvgIpc) is 2.71. The lowest BCUT2D eigenvalue weighted by Gasteiger charge is -2.33. The van der Waals surface area contributed by atoms with Crippen LogP contribution < -0.4 is 0 Å². The van der Waals surface area contributed by atoms with Crippen molar-refractivity contribution in [2.24, 2.45) is 0 Å². The maximum Gasteiger partial charge on any atom is 0.0794 e. The third-order valence-electron chi connectivity index (χ3n) is 2.80. The highest BCUT2D eigenvalue weighted by Crippen LogP contribution is 2.20. The van der Waals surface area contributed by atoms with E-state index in [-0.39, 0.29) is 0 Å². The van der Waals surface area contributed by atoms with E-state index in [9.17, 15) is 5.11 Å². The van der Waals surface area contributed by atoms with Crippen LogP contribution in [0, 0.1) is 0 Å². The molecule has 1 saturated heterocycles. The zero-order valence-corrected chi connectivity index (χ0v) is 9.04. The molecule has 0 unspecified atom stereocenters. The predicted octanol–water partition coefficient (Wildman–Crippen LogP) is 1.49. The van der Waals surface area contributed by atoms with Gasteiger partial charge in [0.05, 0.1) is 12.1 Å². The van der Waals surface area contributed by atoms with Crippen LogP contribution in [0.2, 0.25) is 0 Å².